The number of thioether (sulfide) groups is 1. The topological polar surface area (TPSA) is 20.2 Å². The van der Waals surface area contributed by atoms with Gasteiger partial charge in [-0.1, -0.05) is 13.3 Å². The van der Waals surface area contributed by atoms with Gasteiger partial charge in [0.05, 0.1) is 0 Å². The maximum absolute atomic E-state index is 8.77. The van der Waals surface area contributed by atoms with E-state index in [1.165, 1.54) is 6.42 Å². The summed E-state index contributed by atoms with van der Waals surface area (Å²) in [5.41, 5.74) is 0. The normalized spacial score (nSPS) is 13.7. The van der Waals surface area contributed by atoms with Crippen molar-refractivity contribution < 1.29 is 5.11 Å². The van der Waals surface area contributed by atoms with E-state index in [2.05, 4.69) is 13.2 Å². The second-order valence-electron chi connectivity index (χ2n) is 2.29. The lowest BCUT2D eigenvalue weighted by Crippen LogP contribution is -2.07. The summed E-state index contributed by atoms with van der Waals surface area (Å²) in [5.74, 6) is 1.63. The Morgan fingerprint density at radius 1 is 1.56 bits per heavy atom. The van der Waals surface area contributed by atoms with Crippen molar-refractivity contribution in [1.29, 1.82) is 0 Å². The van der Waals surface area contributed by atoms with Crippen molar-refractivity contribution in [3.8, 4) is 0 Å². The zero-order chi connectivity index (χ0) is 7.11. The average Bonchev–Trinajstić information content (AvgIpc) is 1.88. The van der Waals surface area contributed by atoms with Gasteiger partial charge >= 0.3 is 0 Å². The van der Waals surface area contributed by atoms with E-state index in [0.717, 1.165) is 12.2 Å². The monoisotopic (exact) mass is 148 g/mol. The molecule has 0 aromatic rings. The zero-order valence-corrected chi connectivity index (χ0v) is 7.08. The van der Waals surface area contributed by atoms with Crippen LogP contribution in [0.15, 0.2) is 0 Å². The summed E-state index contributed by atoms with van der Waals surface area (Å²) in [4.78, 5) is 0. The minimum Gasteiger partial charge on any atom is -0.396 e. The first-order valence-electron chi connectivity index (χ1n) is 3.45. The van der Waals surface area contributed by atoms with Gasteiger partial charge < -0.3 is 5.11 Å². The summed E-state index contributed by atoms with van der Waals surface area (Å²) in [6.45, 7) is 2.51. The predicted molar refractivity (Wildman–Crippen MR) is 43.9 cm³/mol. The number of hydrogen-bond donors (Lipinski definition) is 1. The van der Waals surface area contributed by atoms with Gasteiger partial charge in [0.25, 0.3) is 0 Å². The standard InChI is InChI=1S/C7H16OS/c1-3-4-7(5-8)6-9-2/h7-8H,3-6H2,1-2H3. The minimum atomic E-state index is 0.356. The molecule has 0 spiro atoms. The molecule has 1 nitrogen and oxygen atoms in total. The molecule has 9 heavy (non-hydrogen) atoms. The molecule has 0 aromatic carbocycles. The summed E-state index contributed by atoms with van der Waals surface area (Å²) >= 11 is 1.81. The molecule has 0 radical (unpaired) electrons. The Morgan fingerprint density at radius 3 is 2.56 bits per heavy atom. The number of hydrogen-bond acceptors (Lipinski definition) is 2. The highest BCUT2D eigenvalue weighted by Crippen LogP contribution is 2.10. The average molecular weight is 148 g/mol. The van der Waals surface area contributed by atoms with Crippen LogP contribution in [0.3, 0.4) is 0 Å². The van der Waals surface area contributed by atoms with Gasteiger partial charge in [0.1, 0.15) is 0 Å². The molecule has 0 bridgehead atoms. The second kappa shape index (κ2) is 6.43. The Bertz CT molecular complexity index is 50.9. The van der Waals surface area contributed by atoms with Crippen LogP contribution in [0.2, 0.25) is 0 Å². The van der Waals surface area contributed by atoms with Crippen molar-refractivity contribution in [2.75, 3.05) is 18.6 Å². The number of aliphatic hydroxyl groups excluding tert-OH is 1. The first kappa shape index (κ1) is 9.31. The third-order valence-corrected chi connectivity index (χ3v) is 2.16. The summed E-state index contributed by atoms with van der Waals surface area (Å²) < 4.78 is 0. The molecule has 56 valence electrons. The van der Waals surface area contributed by atoms with Gasteiger partial charge in [-0.2, -0.15) is 11.8 Å². The number of rotatable bonds is 5. The van der Waals surface area contributed by atoms with E-state index in [1.807, 2.05) is 11.8 Å². The van der Waals surface area contributed by atoms with Crippen LogP contribution < -0.4 is 0 Å². The Hall–Kier alpha value is 0.310. The van der Waals surface area contributed by atoms with Crippen LogP contribution in [0.5, 0.6) is 0 Å². The van der Waals surface area contributed by atoms with Crippen molar-refractivity contribution in [2.24, 2.45) is 5.92 Å². The van der Waals surface area contributed by atoms with E-state index in [1.54, 1.807) is 0 Å². The first-order valence-corrected chi connectivity index (χ1v) is 4.84. The smallest absolute Gasteiger partial charge is 0.0467 e. The highest BCUT2D eigenvalue weighted by molar-refractivity contribution is 7.98. The van der Waals surface area contributed by atoms with E-state index in [0.29, 0.717) is 12.5 Å². The summed E-state index contributed by atoms with van der Waals surface area (Å²) in [6.07, 6.45) is 4.43. The van der Waals surface area contributed by atoms with Crippen molar-refractivity contribution in [1.82, 2.24) is 0 Å². The molecule has 0 amide bonds. The number of aliphatic hydroxyl groups is 1. The van der Waals surface area contributed by atoms with Crippen LogP contribution in [-0.2, 0) is 0 Å². The molecule has 1 atom stereocenters. The van der Waals surface area contributed by atoms with Crippen LogP contribution in [-0.4, -0.2) is 23.7 Å². The van der Waals surface area contributed by atoms with Crippen LogP contribution in [0.25, 0.3) is 0 Å². The molecule has 1 N–H and O–H groups in total. The molecular weight excluding hydrogens is 132 g/mol. The molecular formula is C7H16OS. The third kappa shape index (κ3) is 4.79. The quantitative estimate of drug-likeness (QED) is 0.641. The van der Waals surface area contributed by atoms with E-state index < -0.39 is 0 Å². The SMILES string of the molecule is CCCC(CO)CSC. The van der Waals surface area contributed by atoms with Crippen LogP contribution >= 0.6 is 11.8 Å². The molecule has 0 aromatic heterocycles. The van der Waals surface area contributed by atoms with Gasteiger partial charge in [-0.05, 0) is 24.3 Å². The van der Waals surface area contributed by atoms with E-state index in [-0.39, 0.29) is 0 Å². The van der Waals surface area contributed by atoms with E-state index in [9.17, 15) is 0 Å². The highest BCUT2D eigenvalue weighted by Gasteiger charge is 2.03. The molecule has 0 aliphatic heterocycles. The van der Waals surface area contributed by atoms with Gasteiger partial charge in [0, 0.05) is 6.61 Å². The molecule has 1 unspecified atom stereocenters. The predicted octanol–water partition coefficient (Wildman–Crippen LogP) is 1.76. The highest BCUT2D eigenvalue weighted by atomic mass is 32.2. The van der Waals surface area contributed by atoms with E-state index >= 15 is 0 Å². The first-order chi connectivity index (χ1) is 4.35. The molecule has 0 aliphatic carbocycles. The Labute approximate surface area is 61.8 Å². The fraction of sp³-hybridized carbons (Fsp3) is 1.00. The lowest BCUT2D eigenvalue weighted by atomic mass is 10.1. The molecule has 0 rings (SSSR count). The van der Waals surface area contributed by atoms with Gasteiger partial charge in [-0.3, -0.25) is 0 Å². The largest absolute Gasteiger partial charge is 0.396 e. The lowest BCUT2D eigenvalue weighted by molar-refractivity contribution is 0.232. The van der Waals surface area contributed by atoms with Crippen molar-refractivity contribution >= 4 is 11.8 Å². The second-order valence-corrected chi connectivity index (χ2v) is 3.20. The maximum atomic E-state index is 8.77. The van der Waals surface area contributed by atoms with Gasteiger partial charge in [-0.25, -0.2) is 0 Å². The van der Waals surface area contributed by atoms with Gasteiger partial charge in [0.15, 0.2) is 0 Å². The van der Waals surface area contributed by atoms with Crippen LogP contribution in [0.1, 0.15) is 19.8 Å². The molecule has 0 saturated heterocycles. The fourth-order valence-corrected chi connectivity index (χ4v) is 1.61. The Kier molecular flexibility index (Phi) is 6.65. The Morgan fingerprint density at radius 2 is 2.22 bits per heavy atom. The zero-order valence-electron chi connectivity index (χ0n) is 6.26. The van der Waals surface area contributed by atoms with E-state index in [4.69, 9.17) is 5.11 Å². The molecule has 0 saturated carbocycles. The van der Waals surface area contributed by atoms with Gasteiger partial charge in [0.2, 0.25) is 0 Å². The maximum Gasteiger partial charge on any atom is 0.0467 e. The molecule has 0 aliphatic rings. The van der Waals surface area contributed by atoms with Crippen LogP contribution in [0.4, 0.5) is 0 Å². The molecule has 2 heteroatoms. The minimum absolute atomic E-state index is 0.356. The fourth-order valence-electron chi connectivity index (χ4n) is 0.871. The van der Waals surface area contributed by atoms with Crippen LogP contribution in [0, 0.1) is 5.92 Å². The summed E-state index contributed by atoms with van der Waals surface area (Å²) in [7, 11) is 0. The van der Waals surface area contributed by atoms with Crippen molar-refractivity contribution in [3.63, 3.8) is 0 Å². The lowest BCUT2D eigenvalue weighted by Gasteiger charge is -2.09. The Balaban J connectivity index is 3.18. The summed E-state index contributed by atoms with van der Waals surface area (Å²) in [6, 6.07) is 0. The molecule has 0 heterocycles. The van der Waals surface area contributed by atoms with Crippen molar-refractivity contribution in [3.05, 3.63) is 0 Å². The summed E-state index contributed by atoms with van der Waals surface area (Å²) in [5, 5.41) is 8.77. The van der Waals surface area contributed by atoms with Crippen molar-refractivity contribution in [2.45, 2.75) is 19.8 Å². The van der Waals surface area contributed by atoms with Gasteiger partial charge in [-0.15, -0.1) is 0 Å². The third-order valence-electron chi connectivity index (χ3n) is 1.36. The molecule has 0 fully saturated rings.